The predicted molar refractivity (Wildman–Crippen MR) is 115 cm³/mol. The number of benzene rings is 1. The van der Waals surface area contributed by atoms with E-state index >= 15 is 0 Å². The predicted octanol–water partition coefficient (Wildman–Crippen LogP) is 3.34. The standard InChI is InChI=1S/C22H27N3O3S/c1-15(2)11-20-25(22(27)17-6-8-18(28-3)9-7-17)19(14-29-20)21(26)24-13-16-5-4-10-23-12-16/h4-10,12,15,19-20H,11,13-14H2,1-3H3,(H,24,26). The van der Waals surface area contributed by atoms with Crippen LogP contribution in [0.5, 0.6) is 5.75 Å². The van der Waals surface area contributed by atoms with E-state index in [2.05, 4.69) is 24.1 Å². The van der Waals surface area contributed by atoms with E-state index in [-0.39, 0.29) is 17.2 Å². The molecule has 1 saturated heterocycles. The van der Waals surface area contributed by atoms with E-state index in [9.17, 15) is 9.59 Å². The summed E-state index contributed by atoms with van der Waals surface area (Å²) in [7, 11) is 1.59. The van der Waals surface area contributed by atoms with Crippen LogP contribution in [0.2, 0.25) is 0 Å². The molecule has 7 heteroatoms. The molecule has 1 fully saturated rings. The Morgan fingerprint density at radius 3 is 2.66 bits per heavy atom. The van der Waals surface area contributed by atoms with Crippen molar-refractivity contribution in [1.29, 1.82) is 0 Å². The lowest BCUT2D eigenvalue weighted by molar-refractivity contribution is -0.125. The molecule has 1 aromatic carbocycles. The Bertz CT molecular complexity index is 827. The zero-order valence-electron chi connectivity index (χ0n) is 17.0. The summed E-state index contributed by atoms with van der Waals surface area (Å²) in [5, 5.41) is 2.95. The summed E-state index contributed by atoms with van der Waals surface area (Å²) in [6.07, 6.45) is 4.27. The zero-order valence-corrected chi connectivity index (χ0v) is 17.8. The monoisotopic (exact) mass is 413 g/mol. The summed E-state index contributed by atoms with van der Waals surface area (Å²) in [6, 6.07) is 10.3. The number of hydrogen-bond donors (Lipinski definition) is 1. The Hall–Kier alpha value is -2.54. The molecule has 0 spiro atoms. The fraction of sp³-hybridized carbons (Fsp3) is 0.409. The summed E-state index contributed by atoms with van der Waals surface area (Å²) in [6.45, 7) is 4.66. The number of hydrogen-bond acceptors (Lipinski definition) is 5. The van der Waals surface area contributed by atoms with E-state index in [1.54, 1.807) is 60.4 Å². The Labute approximate surface area is 176 Å². The van der Waals surface area contributed by atoms with Crippen molar-refractivity contribution in [3.8, 4) is 5.75 Å². The molecule has 1 aliphatic rings. The molecule has 2 unspecified atom stereocenters. The maximum Gasteiger partial charge on any atom is 0.255 e. The third kappa shape index (κ3) is 5.29. The van der Waals surface area contributed by atoms with Crippen LogP contribution >= 0.6 is 11.8 Å². The van der Waals surface area contributed by atoms with Gasteiger partial charge in [-0.2, -0.15) is 0 Å². The molecular weight excluding hydrogens is 386 g/mol. The quantitative estimate of drug-likeness (QED) is 0.754. The number of thioether (sulfide) groups is 1. The van der Waals surface area contributed by atoms with E-state index in [0.717, 1.165) is 12.0 Å². The molecule has 0 bridgehead atoms. The highest BCUT2D eigenvalue weighted by Gasteiger charge is 2.41. The first-order valence-electron chi connectivity index (χ1n) is 9.74. The van der Waals surface area contributed by atoms with Gasteiger partial charge >= 0.3 is 0 Å². The Morgan fingerprint density at radius 1 is 1.28 bits per heavy atom. The van der Waals surface area contributed by atoms with Crippen LogP contribution in [0, 0.1) is 5.92 Å². The maximum atomic E-state index is 13.3. The number of nitrogens with one attached hydrogen (secondary N) is 1. The van der Waals surface area contributed by atoms with Gasteiger partial charge in [0.2, 0.25) is 5.91 Å². The van der Waals surface area contributed by atoms with Crippen molar-refractivity contribution < 1.29 is 14.3 Å². The Balaban J connectivity index is 1.76. The van der Waals surface area contributed by atoms with Crippen molar-refractivity contribution in [2.24, 2.45) is 5.92 Å². The van der Waals surface area contributed by atoms with Gasteiger partial charge in [-0.25, -0.2) is 0 Å². The van der Waals surface area contributed by atoms with Gasteiger partial charge in [-0.05, 0) is 48.2 Å². The molecule has 1 aromatic heterocycles. The van der Waals surface area contributed by atoms with Crippen molar-refractivity contribution in [3.63, 3.8) is 0 Å². The van der Waals surface area contributed by atoms with Crippen molar-refractivity contribution >= 4 is 23.6 Å². The van der Waals surface area contributed by atoms with Gasteiger partial charge in [0, 0.05) is 30.3 Å². The highest BCUT2D eigenvalue weighted by molar-refractivity contribution is 8.00. The lowest BCUT2D eigenvalue weighted by Gasteiger charge is -2.30. The maximum absolute atomic E-state index is 13.3. The smallest absolute Gasteiger partial charge is 0.255 e. The number of amides is 2. The van der Waals surface area contributed by atoms with E-state index in [1.807, 2.05) is 12.1 Å². The first-order valence-corrected chi connectivity index (χ1v) is 10.8. The summed E-state index contributed by atoms with van der Waals surface area (Å²) in [5.74, 6) is 1.47. The second kappa shape index (κ2) is 9.78. The number of nitrogens with zero attached hydrogens (tertiary/aromatic N) is 2. The summed E-state index contributed by atoms with van der Waals surface area (Å²) >= 11 is 1.67. The van der Waals surface area contributed by atoms with Crippen molar-refractivity contribution in [2.75, 3.05) is 12.9 Å². The largest absolute Gasteiger partial charge is 0.497 e. The van der Waals surface area contributed by atoms with E-state index in [1.165, 1.54) is 0 Å². The van der Waals surface area contributed by atoms with Gasteiger partial charge in [0.05, 0.1) is 12.5 Å². The average Bonchev–Trinajstić information content (AvgIpc) is 3.15. The molecule has 1 aliphatic heterocycles. The fourth-order valence-corrected chi connectivity index (χ4v) is 4.96. The topological polar surface area (TPSA) is 71.5 Å². The zero-order chi connectivity index (χ0) is 20.8. The molecule has 154 valence electrons. The fourth-order valence-electron chi connectivity index (χ4n) is 3.32. The minimum Gasteiger partial charge on any atom is -0.497 e. The third-order valence-corrected chi connectivity index (χ3v) is 6.14. The summed E-state index contributed by atoms with van der Waals surface area (Å²) < 4.78 is 5.18. The van der Waals surface area contributed by atoms with Crippen LogP contribution in [0.15, 0.2) is 48.8 Å². The number of aromatic nitrogens is 1. The number of pyridine rings is 1. The van der Waals surface area contributed by atoms with Gasteiger partial charge in [0.25, 0.3) is 5.91 Å². The van der Waals surface area contributed by atoms with Crippen LogP contribution in [0.1, 0.15) is 36.2 Å². The summed E-state index contributed by atoms with van der Waals surface area (Å²) in [4.78, 5) is 32.1. The van der Waals surface area contributed by atoms with E-state index in [4.69, 9.17) is 4.74 Å². The van der Waals surface area contributed by atoms with E-state index in [0.29, 0.717) is 29.5 Å². The molecule has 29 heavy (non-hydrogen) atoms. The van der Waals surface area contributed by atoms with Crippen molar-refractivity contribution in [1.82, 2.24) is 15.2 Å². The van der Waals surface area contributed by atoms with Gasteiger partial charge in [0.1, 0.15) is 11.8 Å². The van der Waals surface area contributed by atoms with Crippen LogP contribution in [-0.2, 0) is 11.3 Å². The molecule has 0 aliphatic carbocycles. The molecule has 6 nitrogen and oxygen atoms in total. The lowest BCUT2D eigenvalue weighted by atomic mass is 10.1. The van der Waals surface area contributed by atoms with Crippen LogP contribution < -0.4 is 10.1 Å². The normalized spacial score (nSPS) is 18.7. The van der Waals surface area contributed by atoms with Crippen LogP contribution in [-0.4, -0.2) is 46.0 Å². The van der Waals surface area contributed by atoms with E-state index < -0.39 is 6.04 Å². The first-order chi connectivity index (χ1) is 14.0. The number of carbonyl (C=O) groups is 2. The van der Waals surface area contributed by atoms with Gasteiger partial charge in [-0.3, -0.25) is 14.6 Å². The number of rotatable bonds is 7. The molecule has 0 radical (unpaired) electrons. The Morgan fingerprint density at radius 2 is 2.03 bits per heavy atom. The molecule has 2 atom stereocenters. The highest BCUT2D eigenvalue weighted by Crippen LogP contribution is 2.35. The van der Waals surface area contributed by atoms with Gasteiger partial charge in [-0.1, -0.05) is 19.9 Å². The molecule has 0 saturated carbocycles. The average molecular weight is 414 g/mol. The lowest BCUT2D eigenvalue weighted by Crippen LogP contribution is -2.49. The molecule has 2 amide bonds. The number of ether oxygens (including phenoxy) is 1. The van der Waals surface area contributed by atoms with Gasteiger partial charge < -0.3 is 15.0 Å². The summed E-state index contributed by atoms with van der Waals surface area (Å²) in [5.41, 5.74) is 1.49. The molecule has 1 N–H and O–H groups in total. The minimum absolute atomic E-state index is 0.0151. The molecule has 2 heterocycles. The van der Waals surface area contributed by atoms with Crippen molar-refractivity contribution in [3.05, 3.63) is 59.9 Å². The second-order valence-electron chi connectivity index (χ2n) is 7.45. The Kier molecular flexibility index (Phi) is 7.14. The second-order valence-corrected chi connectivity index (χ2v) is 8.66. The SMILES string of the molecule is COc1ccc(C(=O)N2C(CC(C)C)SCC2C(=O)NCc2cccnc2)cc1. The van der Waals surface area contributed by atoms with Crippen LogP contribution in [0.25, 0.3) is 0 Å². The van der Waals surface area contributed by atoms with Crippen LogP contribution in [0.3, 0.4) is 0 Å². The molecule has 2 aromatic rings. The number of carbonyl (C=O) groups excluding carboxylic acids is 2. The van der Waals surface area contributed by atoms with Crippen molar-refractivity contribution in [2.45, 2.75) is 38.2 Å². The molecular formula is C22H27N3O3S. The highest BCUT2D eigenvalue weighted by atomic mass is 32.2. The van der Waals surface area contributed by atoms with Gasteiger partial charge in [-0.15, -0.1) is 11.8 Å². The first kappa shape index (κ1) is 21.2. The van der Waals surface area contributed by atoms with Gasteiger partial charge in [0.15, 0.2) is 0 Å². The number of methoxy groups -OCH3 is 1. The third-order valence-electron chi connectivity index (χ3n) is 4.83. The molecule has 3 rings (SSSR count). The van der Waals surface area contributed by atoms with Crippen LogP contribution in [0.4, 0.5) is 0 Å². The minimum atomic E-state index is -0.491.